The van der Waals surface area contributed by atoms with Crippen molar-refractivity contribution in [2.45, 2.75) is 66.0 Å². The van der Waals surface area contributed by atoms with E-state index in [1.165, 1.54) is 29.7 Å². The van der Waals surface area contributed by atoms with E-state index in [1.807, 2.05) is 36.9 Å². The summed E-state index contributed by atoms with van der Waals surface area (Å²) in [6.45, 7) is 11.0. The Morgan fingerprint density at radius 2 is 1.73 bits per heavy atom. The number of aromatic nitrogens is 4. The minimum Gasteiger partial charge on any atom is -0.345 e. The summed E-state index contributed by atoms with van der Waals surface area (Å²) in [5.74, 6) is 2.03. The van der Waals surface area contributed by atoms with Gasteiger partial charge in [-0.1, -0.05) is 12.1 Å². The summed E-state index contributed by atoms with van der Waals surface area (Å²) in [5, 5.41) is 11.3. The van der Waals surface area contributed by atoms with Crippen molar-refractivity contribution < 1.29 is 4.79 Å². The van der Waals surface area contributed by atoms with Crippen molar-refractivity contribution in [2.24, 2.45) is 0 Å². The molecule has 1 unspecified atom stereocenters. The van der Waals surface area contributed by atoms with Crippen LogP contribution in [0.1, 0.15) is 77.0 Å². The van der Waals surface area contributed by atoms with Gasteiger partial charge in [0, 0.05) is 46.7 Å². The first-order valence-corrected chi connectivity index (χ1v) is 13.1. The second-order valence-corrected chi connectivity index (χ2v) is 10.4. The van der Waals surface area contributed by atoms with Crippen LogP contribution in [0.4, 0.5) is 11.6 Å². The highest BCUT2D eigenvalue weighted by molar-refractivity contribution is 6.00. The number of hydrogen-bond donors (Lipinski definition) is 2. The van der Waals surface area contributed by atoms with Gasteiger partial charge in [-0.15, -0.1) is 5.10 Å². The molecule has 7 heteroatoms. The van der Waals surface area contributed by atoms with E-state index in [1.54, 1.807) is 0 Å². The molecule has 4 aromatic rings. The van der Waals surface area contributed by atoms with Crippen LogP contribution in [0, 0.1) is 20.8 Å². The summed E-state index contributed by atoms with van der Waals surface area (Å²) in [4.78, 5) is 21.8. The molecule has 1 fully saturated rings. The van der Waals surface area contributed by atoms with Gasteiger partial charge < -0.3 is 10.6 Å². The molecule has 188 valence electrons. The third-order valence-electron chi connectivity index (χ3n) is 7.58. The first kappa shape index (κ1) is 23.4. The third-order valence-corrected chi connectivity index (χ3v) is 7.58. The average molecular weight is 493 g/mol. The molecule has 6 rings (SSSR count). The highest BCUT2D eigenvalue weighted by Gasteiger charge is 2.27. The maximum atomic E-state index is 12.2. The van der Waals surface area contributed by atoms with Gasteiger partial charge >= 0.3 is 0 Å². The maximum Gasteiger partial charge on any atom is 0.252 e. The molecule has 0 saturated heterocycles. The topological polar surface area (TPSA) is 84.7 Å². The van der Waals surface area contributed by atoms with Crippen LogP contribution >= 0.6 is 0 Å². The lowest BCUT2D eigenvalue weighted by Gasteiger charge is -2.12. The van der Waals surface area contributed by atoms with Crippen LogP contribution in [0.15, 0.2) is 42.6 Å². The Morgan fingerprint density at radius 1 is 1.00 bits per heavy atom. The van der Waals surface area contributed by atoms with Crippen LogP contribution in [0.2, 0.25) is 0 Å². The van der Waals surface area contributed by atoms with Gasteiger partial charge in [-0.2, -0.15) is 4.98 Å². The number of carbonyl (C=O) groups is 1. The van der Waals surface area contributed by atoms with E-state index in [0.717, 1.165) is 39.1 Å². The zero-order chi connectivity index (χ0) is 25.8. The Balaban J connectivity index is 1.32. The molecule has 1 amide bonds. The van der Waals surface area contributed by atoms with Gasteiger partial charge in [0.25, 0.3) is 5.91 Å². The number of amides is 1. The fourth-order valence-corrected chi connectivity index (χ4v) is 5.21. The molecule has 1 atom stereocenters. The number of pyridine rings is 1. The SMILES string of the molecule is CCn1nc(-c2cc(C)c(-c3ccc(C4CC4)nc3)cc2C)nc1Nc1cc2c(cc1C)C(=O)NC2C. The van der Waals surface area contributed by atoms with E-state index >= 15 is 0 Å². The van der Waals surface area contributed by atoms with Crippen LogP contribution in [0.5, 0.6) is 0 Å². The maximum absolute atomic E-state index is 12.2. The Morgan fingerprint density at radius 3 is 2.43 bits per heavy atom. The Labute approximate surface area is 217 Å². The quantitative estimate of drug-likeness (QED) is 0.326. The lowest BCUT2D eigenvalue weighted by atomic mass is 9.95. The number of fused-ring (bicyclic) bond motifs is 1. The lowest BCUT2D eigenvalue weighted by Crippen LogP contribution is -2.16. The fourth-order valence-electron chi connectivity index (χ4n) is 5.21. The van der Waals surface area contributed by atoms with Crippen LogP contribution in [0.25, 0.3) is 22.5 Å². The molecular weight excluding hydrogens is 460 g/mol. The van der Waals surface area contributed by atoms with Crippen molar-refractivity contribution in [2.75, 3.05) is 5.32 Å². The van der Waals surface area contributed by atoms with Crippen molar-refractivity contribution in [3.8, 4) is 22.5 Å². The van der Waals surface area contributed by atoms with Crippen molar-refractivity contribution in [1.82, 2.24) is 25.1 Å². The summed E-state index contributed by atoms with van der Waals surface area (Å²) >= 11 is 0. The minimum absolute atomic E-state index is 0.00694. The number of aryl methyl sites for hydroxylation is 4. The number of anilines is 2. The summed E-state index contributed by atoms with van der Waals surface area (Å²) in [7, 11) is 0. The number of benzene rings is 2. The van der Waals surface area contributed by atoms with Crippen LogP contribution in [-0.2, 0) is 6.54 Å². The fraction of sp³-hybridized carbons (Fsp3) is 0.333. The van der Waals surface area contributed by atoms with E-state index in [2.05, 4.69) is 55.7 Å². The number of carbonyl (C=O) groups excluding carboxylic acids is 1. The first-order valence-electron chi connectivity index (χ1n) is 13.1. The van der Waals surface area contributed by atoms with E-state index in [9.17, 15) is 4.79 Å². The largest absolute Gasteiger partial charge is 0.345 e. The summed E-state index contributed by atoms with van der Waals surface area (Å²) in [6.07, 6.45) is 4.52. The zero-order valence-electron chi connectivity index (χ0n) is 22.0. The summed E-state index contributed by atoms with van der Waals surface area (Å²) in [6, 6.07) is 12.7. The molecule has 2 aromatic heterocycles. The highest BCUT2D eigenvalue weighted by Crippen LogP contribution is 2.40. The van der Waals surface area contributed by atoms with Gasteiger partial charge in [-0.3, -0.25) is 9.78 Å². The highest BCUT2D eigenvalue weighted by atomic mass is 16.2. The molecule has 0 spiro atoms. The molecular formula is C30H32N6O. The molecule has 37 heavy (non-hydrogen) atoms. The van der Waals surface area contributed by atoms with Crippen LogP contribution < -0.4 is 10.6 Å². The number of hydrogen-bond acceptors (Lipinski definition) is 5. The van der Waals surface area contributed by atoms with E-state index in [0.29, 0.717) is 24.2 Å². The van der Waals surface area contributed by atoms with Gasteiger partial charge in [-0.05, 0) is 99.5 Å². The van der Waals surface area contributed by atoms with Gasteiger partial charge in [0.1, 0.15) is 0 Å². The third kappa shape index (κ3) is 4.18. The number of rotatable bonds is 6. The molecule has 0 bridgehead atoms. The molecule has 2 aromatic carbocycles. The molecule has 2 aliphatic rings. The van der Waals surface area contributed by atoms with Crippen molar-refractivity contribution in [3.63, 3.8) is 0 Å². The standard InChI is InChI=1S/C30H32N6O/c1-6-36-30(33-27-14-24-19(5)32-29(37)25(24)13-18(27)4)34-28(35-36)23-12-16(2)22(11-17(23)3)21-9-10-26(31-15-21)20-7-8-20/h9-15,19-20H,6-8H2,1-5H3,(H,32,37)(H,33,34,35). The molecule has 2 N–H and O–H groups in total. The van der Waals surface area contributed by atoms with E-state index in [-0.39, 0.29) is 11.9 Å². The Bertz CT molecular complexity index is 1530. The van der Waals surface area contributed by atoms with Crippen LogP contribution in [-0.4, -0.2) is 25.7 Å². The average Bonchev–Trinajstić information content (AvgIpc) is 3.60. The normalized spacial score (nSPS) is 16.6. The molecule has 3 heterocycles. The number of nitrogens with zero attached hydrogens (tertiary/aromatic N) is 4. The van der Waals surface area contributed by atoms with Gasteiger partial charge in [-0.25, -0.2) is 4.68 Å². The second kappa shape index (κ2) is 8.83. The molecule has 7 nitrogen and oxygen atoms in total. The van der Waals surface area contributed by atoms with Crippen molar-refractivity contribution in [1.29, 1.82) is 0 Å². The molecule has 1 aliphatic heterocycles. The molecule has 1 saturated carbocycles. The smallest absolute Gasteiger partial charge is 0.252 e. The monoisotopic (exact) mass is 492 g/mol. The predicted molar refractivity (Wildman–Crippen MR) is 146 cm³/mol. The molecule has 0 radical (unpaired) electrons. The number of nitrogens with one attached hydrogen (secondary N) is 2. The molecule has 1 aliphatic carbocycles. The zero-order valence-corrected chi connectivity index (χ0v) is 22.0. The van der Waals surface area contributed by atoms with E-state index < -0.39 is 0 Å². The van der Waals surface area contributed by atoms with E-state index in [4.69, 9.17) is 15.1 Å². The summed E-state index contributed by atoms with van der Waals surface area (Å²) < 4.78 is 1.89. The van der Waals surface area contributed by atoms with Crippen LogP contribution in [0.3, 0.4) is 0 Å². The lowest BCUT2D eigenvalue weighted by molar-refractivity contribution is 0.0958. The summed E-state index contributed by atoms with van der Waals surface area (Å²) in [5.41, 5.74) is 10.5. The second-order valence-electron chi connectivity index (χ2n) is 10.4. The predicted octanol–water partition coefficient (Wildman–Crippen LogP) is 6.38. The first-order chi connectivity index (χ1) is 17.8. The van der Waals surface area contributed by atoms with Gasteiger partial charge in [0.15, 0.2) is 5.82 Å². The van der Waals surface area contributed by atoms with Gasteiger partial charge in [0.05, 0.1) is 6.04 Å². The van der Waals surface area contributed by atoms with Crippen molar-refractivity contribution >= 4 is 17.5 Å². The van der Waals surface area contributed by atoms with Gasteiger partial charge in [0.2, 0.25) is 5.95 Å². The minimum atomic E-state index is -0.0138. The Hall–Kier alpha value is -4.00. The Kier molecular flexibility index (Phi) is 5.59. The van der Waals surface area contributed by atoms with Crippen molar-refractivity contribution in [3.05, 3.63) is 76.1 Å².